The third kappa shape index (κ3) is 9.74. The van der Waals surface area contributed by atoms with Crippen LogP contribution in [-0.2, 0) is 6.54 Å². The molecule has 0 unspecified atom stereocenters. The van der Waals surface area contributed by atoms with Gasteiger partial charge in [0.15, 0.2) is 6.29 Å². The third-order valence-corrected chi connectivity index (χ3v) is 5.38. The quantitative estimate of drug-likeness (QED) is 0.223. The van der Waals surface area contributed by atoms with Crippen molar-refractivity contribution in [3.05, 3.63) is 62.3 Å². The van der Waals surface area contributed by atoms with Gasteiger partial charge >= 0.3 is 0 Å². The van der Waals surface area contributed by atoms with Crippen LogP contribution >= 0.6 is 34.7 Å². The lowest BCUT2D eigenvalue weighted by molar-refractivity contribution is 0.112. The lowest BCUT2D eigenvalue weighted by atomic mass is 10.3. The minimum Gasteiger partial charge on any atom is -0.396 e. The van der Waals surface area contributed by atoms with E-state index in [9.17, 15) is 4.79 Å². The minimum atomic E-state index is 0.130. The molecule has 2 rings (SSSR count). The molecule has 0 aliphatic heterocycles. The van der Waals surface area contributed by atoms with Crippen LogP contribution in [0.3, 0.4) is 0 Å². The van der Waals surface area contributed by atoms with E-state index in [1.807, 2.05) is 48.9 Å². The summed E-state index contributed by atoms with van der Waals surface area (Å²) < 4.78 is 0. The molecule has 1 heterocycles. The molecule has 0 fully saturated rings. The van der Waals surface area contributed by atoms with Gasteiger partial charge in [-0.3, -0.25) is 9.79 Å². The number of rotatable bonds is 10. The molecule has 2 aromatic rings. The van der Waals surface area contributed by atoms with E-state index in [1.165, 1.54) is 11.3 Å². The molecule has 8 heteroatoms. The third-order valence-electron chi connectivity index (χ3n) is 3.14. The van der Waals surface area contributed by atoms with E-state index in [0.717, 1.165) is 33.3 Å². The van der Waals surface area contributed by atoms with E-state index in [2.05, 4.69) is 22.3 Å². The number of thiophene rings is 1. The van der Waals surface area contributed by atoms with Crippen LogP contribution in [0.1, 0.15) is 21.0 Å². The molecular formula is C19H24ClN3O2S2. The lowest BCUT2D eigenvalue weighted by Crippen LogP contribution is -2.02. The summed E-state index contributed by atoms with van der Waals surface area (Å²) in [5.74, 6) is 0.852. The maximum absolute atomic E-state index is 10.5. The monoisotopic (exact) mass is 425 g/mol. The fourth-order valence-electron chi connectivity index (χ4n) is 1.85. The predicted molar refractivity (Wildman–Crippen MR) is 119 cm³/mol. The van der Waals surface area contributed by atoms with Crippen LogP contribution in [0.2, 0.25) is 5.02 Å². The van der Waals surface area contributed by atoms with E-state index < -0.39 is 0 Å². The Morgan fingerprint density at radius 2 is 2.15 bits per heavy atom. The maximum atomic E-state index is 10.5. The van der Waals surface area contributed by atoms with E-state index in [1.54, 1.807) is 11.8 Å². The number of aldehydes is 1. The molecule has 1 aromatic carbocycles. The fourth-order valence-corrected chi connectivity index (χ4v) is 3.46. The highest BCUT2D eigenvalue weighted by Gasteiger charge is 2.01. The molecule has 0 spiro atoms. The van der Waals surface area contributed by atoms with Gasteiger partial charge in [-0.1, -0.05) is 23.7 Å². The number of benzene rings is 1. The van der Waals surface area contributed by atoms with Crippen LogP contribution in [0.25, 0.3) is 0 Å². The number of hydrogen-bond acceptors (Lipinski definition) is 7. The first-order valence-electron chi connectivity index (χ1n) is 8.19. The van der Waals surface area contributed by atoms with Crippen molar-refractivity contribution in [3.8, 4) is 0 Å². The number of para-hydroxylation sites is 1. The van der Waals surface area contributed by atoms with E-state index in [-0.39, 0.29) is 6.61 Å². The van der Waals surface area contributed by atoms with Gasteiger partial charge in [-0.05, 0) is 43.4 Å². The number of nitrogens with one attached hydrogen (secondary N) is 2. The standard InChI is InChI=1S/C12H10ClNOS.C7H14N2OS/c13-11-3-1-2-4-12(11)14-7-9-5-6-10(8-15)16-9;1-8-6-11-5-7(9-2)3-4-10/h1-6,8,14H,7H2;5,8,10H,2-4,6H2,1H3/b;7-5-. The summed E-state index contributed by atoms with van der Waals surface area (Å²) in [5.41, 5.74) is 1.75. The topological polar surface area (TPSA) is 73.7 Å². The highest BCUT2D eigenvalue weighted by atomic mass is 35.5. The molecule has 0 atom stereocenters. The Morgan fingerprint density at radius 3 is 2.74 bits per heavy atom. The highest BCUT2D eigenvalue weighted by Crippen LogP contribution is 2.22. The molecule has 0 saturated carbocycles. The molecule has 0 saturated heterocycles. The van der Waals surface area contributed by atoms with E-state index >= 15 is 0 Å². The van der Waals surface area contributed by atoms with Gasteiger partial charge in [0.25, 0.3) is 0 Å². The second-order valence-corrected chi connectivity index (χ2v) is 7.63. The van der Waals surface area contributed by atoms with Crippen molar-refractivity contribution in [3.63, 3.8) is 0 Å². The van der Waals surface area contributed by atoms with Crippen molar-refractivity contribution >= 4 is 53.4 Å². The number of aliphatic hydroxyl groups is 1. The van der Waals surface area contributed by atoms with Crippen LogP contribution < -0.4 is 10.6 Å². The molecule has 27 heavy (non-hydrogen) atoms. The summed E-state index contributed by atoms with van der Waals surface area (Å²) >= 11 is 9.10. The van der Waals surface area contributed by atoms with Gasteiger partial charge < -0.3 is 15.7 Å². The Labute approximate surface area is 173 Å². The number of nitrogens with zero attached hydrogens (tertiary/aromatic N) is 1. The number of carbonyl (C=O) groups is 1. The Bertz CT molecular complexity index is 735. The highest BCUT2D eigenvalue weighted by molar-refractivity contribution is 8.02. The molecule has 0 aliphatic rings. The van der Waals surface area contributed by atoms with Gasteiger partial charge in [-0.15, -0.1) is 23.1 Å². The molecule has 5 nitrogen and oxygen atoms in total. The largest absolute Gasteiger partial charge is 0.396 e. The predicted octanol–water partition coefficient (Wildman–Crippen LogP) is 4.65. The summed E-state index contributed by atoms with van der Waals surface area (Å²) in [4.78, 5) is 16.1. The molecular weight excluding hydrogens is 402 g/mol. The van der Waals surface area contributed by atoms with Crippen molar-refractivity contribution in [1.82, 2.24) is 5.32 Å². The average molecular weight is 426 g/mol. The summed E-state index contributed by atoms with van der Waals surface area (Å²) in [6.07, 6.45) is 1.45. The zero-order valence-corrected chi connectivity index (χ0v) is 17.5. The summed E-state index contributed by atoms with van der Waals surface area (Å²) in [7, 11) is 1.88. The van der Waals surface area contributed by atoms with Gasteiger partial charge in [0, 0.05) is 36.0 Å². The van der Waals surface area contributed by atoms with Gasteiger partial charge in [-0.2, -0.15) is 0 Å². The first kappa shape index (κ1) is 23.4. The number of carbonyl (C=O) groups excluding carboxylic acids is 1. The summed E-state index contributed by atoms with van der Waals surface area (Å²) in [6.45, 7) is 4.21. The van der Waals surface area contributed by atoms with E-state index in [4.69, 9.17) is 16.7 Å². The second kappa shape index (κ2) is 14.4. The van der Waals surface area contributed by atoms with Gasteiger partial charge in [0.1, 0.15) is 0 Å². The molecule has 0 aliphatic carbocycles. The summed E-state index contributed by atoms with van der Waals surface area (Å²) in [6, 6.07) is 11.4. The Kier molecular flexibility index (Phi) is 12.5. The van der Waals surface area contributed by atoms with Crippen molar-refractivity contribution in [1.29, 1.82) is 0 Å². The van der Waals surface area contributed by atoms with Gasteiger partial charge in [0.2, 0.25) is 0 Å². The molecule has 146 valence electrons. The van der Waals surface area contributed by atoms with E-state index in [0.29, 0.717) is 18.0 Å². The number of hydrogen-bond donors (Lipinski definition) is 3. The normalized spacial score (nSPS) is 10.7. The number of aliphatic imine (C=N–C) groups is 1. The first-order valence-corrected chi connectivity index (χ1v) is 10.4. The lowest BCUT2D eigenvalue weighted by Gasteiger charge is -2.06. The number of halogens is 1. The molecule has 0 bridgehead atoms. The summed E-state index contributed by atoms with van der Waals surface area (Å²) in [5, 5.41) is 17.4. The minimum absolute atomic E-state index is 0.130. The zero-order valence-electron chi connectivity index (χ0n) is 15.2. The van der Waals surface area contributed by atoms with Crippen molar-refractivity contribution in [2.45, 2.75) is 13.0 Å². The smallest absolute Gasteiger partial charge is 0.160 e. The Hall–Kier alpha value is -1.64. The van der Waals surface area contributed by atoms with Crippen LogP contribution in [0.15, 0.2) is 52.5 Å². The SMILES string of the molecule is C=N/C(=C\SCNC)CCO.O=Cc1ccc(CNc2ccccc2Cl)s1. The van der Waals surface area contributed by atoms with Crippen molar-refractivity contribution in [2.24, 2.45) is 4.99 Å². The molecule has 0 amide bonds. The second-order valence-electron chi connectivity index (χ2n) is 5.16. The number of thioether (sulfide) groups is 1. The number of anilines is 1. The van der Waals surface area contributed by atoms with Crippen LogP contribution in [0, 0.1) is 0 Å². The van der Waals surface area contributed by atoms with Crippen LogP contribution in [-0.4, -0.2) is 37.6 Å². The molecule has 1 aromatic heterocycles. The average Bonchev–Trinajstić information content (AvgIpc) is 3.15. The fraction of sp³-hybridized carbons (Fsp3) is 0.263. The van der Waals surface area contributed by atoms with Crippen LogP contribution in [0.5, 0.6) is 0 Å². The zero-order chi connectivity index (χ0) is 19.9. The maximum Gasteiger partial charge on any atom is 0.160 e. The Morgan fingerprint density at radius 1 is 1.37 bits per heavy atom. The van der Waals surface area contributed by atoms with Crippen molar-refractivity contribution < 1.29 is 9.90 Å². The van der Waals surface area contributed by atoms with Crippen molar-refractivity contribution in [2.75, 3.05) is 24.8 Å². The Balaban J connectivity index is 0.000000293. The number of aliphatic hydroxyl groups excluding tert-OH is 1. The van der Waals surface area contributed by atoms with Gasteiger partial charge in [-0.25, -0.2) is 0 Å². The molecule has 3 N–H and O–H groups in total. The van der Waals surface area contributed by atoms with Gasteiger partial charge in [0.05, 0.1) is 15.6 Å². The van der Waals surface area contributed by atoms with Crippen LogP contribution in [0.4, 0.5) is 5.69 Å². The molecule has 0 radical (unpaired) electrons. The first-order chi connectivity index (χ1) is 13.1.